The lowest BCUT2D eigenvalue weighted by Gasteiger charge is -2.07. The molecule has 0 spiro atoms. The van der Waals surface area contributed by atoms with Gasteiger partial charge >= 0.3 is 6.18 Å². The fourth-order valence-corrected chi connectivity index (χ4v) is 1.04. The first-order valence-electron chi connectivity index (χ1n) is 5.20. The molecule has 0 aliphatic carbocycles. The average molecular weight is 249 g/mol. The molecule has 0 radical (unpaired) electrons. The largest absolute Gasteiger partial charge is 0.411 e. The Morgan fingerprint density at radius 3 is 2.59 bits per heavy atom. The molecule has 96 valence electrons. The molecule has 0 aliphatic heterocycles. The van der Waals surface area contributed by atoms with Crippen LogP contribution in [0.4, 0.5) is 19.0 Å². The van der Waals surface area contributed by atoms with Crippen molar-refractivity contribution < 1.29 is 17.9 Å². The van der Waals surface area contributed by atoms with Gasteiger partial charge in [-0.25, -0.2) is 4.98 Å². The van der Waals surface area contributed by atoms with E-state index in [1.807, 2.05) is 6.92 Å². The fourth-order valence-electron chi connectivity index (χ4n) is 1.04. The van der Waals surface area contributed by atoms with Crippen LogP contribution < -0.4 is 5.32 Å². The van der Waals surface area contributed by atoms with E-state index in [9.17, 15) is 13.2 Å². The number of hydrogen-bond donors (Lipinski definition) is 1. The molecule has 0 aromatic carbocycles. The second-order valence-electron chi connectivity index (χ2n) is 3.43. The summed E-state index contributed by atoms with van der Waals surface area (Å²) in [5, 5.41) is 3.01. The summed E-state index contributed by atoms with van der Waals surface area (Å²) in [7, 11) is 0. The van der Waals surface area contributed by atoms with E-state index in [-0.39, 0.29) is 6.61 Å². The van der Waals surface area contributed by atoms with E-state index >= 15 is 0 Å². The van der Waals surface area contributed by atoms with Gasteiger partial charge in [-0.3, -0.25) is 4.98 Å². The maximum Gasteiger partial charge on any atom is 0.411 e. The van der Waals surface area contributed by atoms with Crippen molar-refractivity contribution in [3.63, 3.8) is 0 Å². The minimum Gasteiger partial charge on any atom is -0.369 e. The Labute approximate surface area is 97.2 Å². The van der Waals surface area contributed by atoms with E-state index in [0.29, 0.717) is 11.5 Å². The highest BCUT2D eigenvalue weighted by molar-refractivity contribution is 5.30. The molecule has 0 fully saturated rings. The van der Waals surface area contributed by atoms with Crippen molar-refractivity contribution in [3.05, 3.63) is 18.1 Å². The molecule has 1 aromatic heterocycles. The molecule has 1 aromatic rings. The zero-order chi connectivity index (χ0) is 12.7. The van der Waals surface area contributed by atoms with Gasteiger partial charge in [-0.2, -0.15) is 13.2 Å². The van der Waals surface area contributed by atoms with E-state index in [4.69, 9.17) is 0 Å². The number of halogens is 3. The number of ether oxygens (including phenoxy) is 1. The zero-order valence-corrected chi connectivity index (χ0v) is 9.42. The van der Waals surface area contributed by atoms with Crippen molar-refractivity contribution in [2.24, 2.45) is 0 Å². The molecule has 17 heavy (non-hydrogen) atoms. The monoisotopic (exact) mass is 249 g/mol. The summed E-state index contributed by atoms with van der Waals surface area (Å²) in [6.07, 6.45) is -0.482. The second-order valence-corrected chi connectivity index (χ2v) is 3.43. The van der Waals surface area contributed by atoms with Crippen LogP contribution >= 0.6 is 0 Å². The summed E-state index contributed by atoms with van der Waals surface area (Å²) in [5.41, 5.74) is 0.372. The van der Waals surface area contributed by atoms with Crippen LogP contribution in [0.5, 0.6) is 0 Å². The SMILES string of the molecule is CCCNc1cnc(COCC(F)(F)F)cn1. The Bertz CT molecular complexity index is 327. The highest BCUT2D eigenvalue weighted by atomic mass is 19.4. The van der Waals surface area contributed by atoms with Crippen molar-refractivity contribution in [1.29, 1.82) is 0 Å². The second kappa shape index (κ2) is 6.39. The average Bonchev–Trinajstić information content (AvgIpc) is 2.26. The summed E-state index contributed by atoms with van der Waals surface area (Å²) in [5.74, 6) is 0.603. The van der Waals surface area contributed by atoms with E-state index < -0.39 is 12.8 Å². The van der Waals surface area contributed by atoms with Crippen molar-refractivity contribution in [2.75, 3.05) is 18.5 Å². The lowest BCUT2D eigenvalue weighted by atomic mass is 10.4. The van der Waals surface area contributed by atoms with Crippen LogP contribution in [0.15, 0.2) is 12.4 Å². The fraction of sp³-hybridized carbons (Fsp3) is 0.600. The van der Waals surface area contributed by atoms with E-state index in [1.54, 1.807) is 0 Å². The topological polar surface area (TPSA) is 47.0 Å². The molecule has 0 unspecified atom stereocenters. The number of hydrogen-bond acceptors (Lipinski definition) is 4. The van der Waals surface area contributed by atoms with Gasteiger partial charge in [0, 0.05) is 6.54 Å². The molecule has 1 heterocycles. The Morgan fingerprint density at radius 1 is 1.29 bits per heavy atom. The van der Waals surface area contributed by atoms with Crippen molar-refractivity contribution in [2.45, 2.75) is 26.1 Å². The molecule has 4 nitrogen and oxygen atoms in total. The van der Waals surface area contributed by atoms with Gasteiger partial charge in [0.05, 0.1) is 24.7 Å². The molecule has 0 amide bonds. The third kappa shape index (κ3) is 6.06. The smallest absolute Gasteiger partial charge is 0.369 e. The Kier molecular flexibility index (Phi) is 5.14. The summed E-state index contributed by atoms with van der Waals surface area (Å²) in [4.78, 5) is 7.93. The maximum absolute atomic E-state index is 11.8. The molecule has 0 atom stereocenters. The molecule has 0 saturated carbocycles. The lowest BCUT2D eigenvalue weighted by Crippen LogP contribution is -2.17. The van der Waals surface area contributed by atoms with Crippen LogP contribution in [-0.2, 0) is 11.3 Å². The normalized spacial score (nSPS) is 11.5. The predicted octanol–water partition coefficient (Wildman–Crippen LogP) is 2.38. The standard InChI is InChI=1S/C10H14F3N3O/c1-2-3-14-9-5-15-8(4-16-9)6-17-7-10(11,12)13/h4-5H,2-3,6-7H2,1H3,(H,14,16). The summed E-state index contributed by atoms with van der Waals surface area (Å²) >= 11 is 0. The third-order valence-corrected chi connectivity index (χ3v) is 1.78. The summed E-state index contributed by atoms with van der Waals surface area (Å²) in [6.45, 7) is 1.32. The van der Waals surface area contributed by atoms with Crippen LogP contribution in [0.25, 0.3) is 0 Å². The van der Waals surface area contributed by atoms with Crippen LogP contribution in [0.1, 0.15) is 19.0 Å². The first kappa shape index (κ1) is 13.7. The van der Waals surface area contributed by atoms with E-state index in [2.05, 4.69) is 20.0 Å². The molecular formula is C10H14F3N3O. The van der Waals surface area contributed by atoms with Gasteiger partial charge in [0.1, 0.15) is 12.4 Å². The third-order valence-electron chi connectivity index (χ3n) is 1.78. The van der Waals surface area contributed by atoms with Crippen molar-refractivity contribution >= 4 is 5.82 Å². The van der Waals surface area contributed by atoms with Gasteiger partial charge in [-0.1, -0.05) is 6.92 Å². The van der Waals surface area contributed by atoms with Crippen LogP contribution in [0.3, 0.4) is 0 Å². The first-order valence-corrected chi connectivity index (χ1v) is 5.20. The molecule has 1 rings (SSSR count). The van der Waals surface area contributed by atoms with E-state index in [0.717, 1.165) is 13.0 Å². The van der Waals surface area contributed by atoms with Crippen LogP contribution in [0, 0.1) is 0 Å². The van der Waals surface area contributed by atoms with Gasteiger partial charge in [0.25, 0.3) is 0 Å². The Hall–Kier alpha value is -1.37. The summed E-state index contributed by atoms with van der Waals surface area (Å²) < 4.78 is 39.8. The van der Waals surface area contributed by atoms with E-state index in [1.165, 1.54) is 12.4 Å². The zero-order valence-electron chi connectivity index (χ0n) is 9.42. The highest BCUT2D eigenvalue weighted by Crippen LogP contribution is 2.15. The van der Waals surface area contributed by atoms with Crippen molar-refractivity contribution in [3.8, 4) is 0 Å². The van der Waals surface area contributed by atoms with Gasteiger partial charge in [0.15, 0.2) is 0 Å². The molecule has 7 heteroatoms. The van der Waals surface area contributed by atoms with Crippen LogP contribution in [0.2, 0.25) is 0 Å². The Morgan fingerprint density at radius 2 is 2.06 bits per heavy atom. The summed E-state index contributed by atoms with van der Waals surface area (Å²) in [6, 6.07) is 0. The number of nitrogens with zero attached hydrogens (tertiary/aromatic N) is 2. The number of nitrogens with one attached hydrogen (secondary N) is 1. The molecule has 1 N–H and O–H groups in total. The quantitative estimate of drug-likeness (QED) is 0.840. The molecule has 0 aliphatic rings. The number of aromatic nitrogens is 2. The predicted molar refractivity (Wildman–Crippen MR) is 56.5 cm³/mol. The molecule has 0 saturated heterocycles. The van der Waals surface area contributed by atoms with Gasteiger partial charge < -0.3 is 10.1 Å². The minimum atomic E-state index is -4.31. The minimum absolute atomic E-state index is 0.194. The van der Waals surface area contributed by atoms with Gasteiger partial charge in [-0.15, -0.1) is 0 Å². The lowest BCUT2D eigenvalue weighted by molar-refractivity contribution is -0.176. The molecule has 0 bridgehead atoms. The number of alkyl halides is 3. The Balaban J connectivity index is 2.35. The highest BCUT2D eigenvalue weighted by Gasteiger charge is 2.27. The first-order chi connectivity index (χ1) is 8.01. The van der Waals surface area contributed by atoms with Crippen molar-refractivity contribution in [1.82, 2.24) is 9.97 Å². The van der Waals surface area contributed by atoms with Gasteiger partial charge in [-0.05, 0) is 6.42 Å². The molecular weight excluding hydrogens is 235 g/mol. The maximum atomic E-state index is 11.8. The number of anilines is 1. The van der Waals surface area contributed by atoms with Crippen LogP contribution in [-0.4, -0.2) is 29.3 Å². The van der Waals surface area contributed by atoms with Gasteiger partial charge in [0.2, 0.25) is 0 Å². The number of rotatable bonds is 6.